The van der Waals surface area contributed by atoms with Gasteiger partial charge in [0.1, 0.15) is 6.10 Å². The molecule has 1 aromatic carbocycles. The van der Waals surface area contributed by atoms with Gasteiger partial charge in [-0.15, -0.1) is 0 Å². The zero-order valence-electron chi connectivity index (χ0n) is 26.6. The van der Waals surface area contributed by atoms with Crippen molar-refractivity contribution in [3.63, 3.8) is 0 Å². The number of nitrogens with zero attached hydrogens (tertiary/aromatic N) is 1. The molecule has 0 saturated heterocycles. The monoisotopic (exact) mass is 545 g/mol. The molecule has 2 unspecified atom stereocenters. The van der Waals surface area contributed by atoms with Gasteiger partial charge >= 0.3 is 0 Å². The molecule has 2 aromatic rings. The number of pyridine rings is 1. The number of aliphatic hydroxyl groups excluding tert-OH is 2. The normalized spacial score (nSPS) is 21.6. The molecule has 1 saturated carbocycles. The molecule has 3 heteroatoms. The van der Waals surface area contributed by atoms with Gasteiger partial charge in [0.05, 0.1) is 11.8 Å². The van der Waals surface area contributed by atoms with Gasteiger partial charge in [0.25, 0.3) is 0 Å². The molecule has 5 rings (SSSR count). The molecule has 1 aromatic heterocycles. The van der Waals surface area contributed by atoms with E-state index in [0.717, 1.165) is 84.5 Å². The van der Waals surface area contributed by atoms with Crippen LogP contribution < -0.4 is 0 Å². The third-order valence-electron chi connectivity index (χ3n) is 9.37. The van der Waals surface area contributed by atoms with Gasteiger partial charge in [-0.05, 0) is 84.0 Å². The maximum absolute atomic E-state index is 12.1. The van der Waals surface area contributed by atoms with Gasteiger partial charge in [0.2, 0.25) is 0 Å². The minimum absolute atomic E-state index is 0.0106. The predicted octanol–water partition coefficient (Wildman–Crippen LogP) is 9.74. The minimum atomic E-state index is -0.746. The summed E-state index contributed by atoms with van der Waals surface area (Å²) in [4.78, 5) is 5.34. The Kier molecular flexibility index (Phi) is 9.67. The van der Waals surface area contributed by atoms with Gasteiger partial charge < -0.3 is 10.2 Å². The van der Waals surface area contributed by atoms with E-state index in [0.29, 0.717) is 5.92 Å². The van der Waals surface area contributed by atoms with Crippen molar-refractivity contribution in [1.29, 1.82) is 0 Å². The van der Waals surface area contributed by atoms with Crippen molar-refractivity contribution in [3.05, 3.63) is 69.5 Å². The van der Waals surface area contributed by atoms with Crippen LogP contribution in [-0.4, -0.2) is 15.2 Å². The van der Waals surface area contributed by atoms with Crippen molar-refractivity contribution in [3.8, 4) is 0 Å². The van der Waals surface area contributed by atoms with Crippen molar-refractivity contribution in [2.45, 2.75) is 143 Å². The van der Waals surface area contributed by atoms with Gasteiger partial charge in [0.15, 0.2) is 0 Å². The molecule has 2 atom stereocenters. The lowest BCUT2D eigenvalue weighted by molar-refractivity contribution is 0.0972. The number of aliphatic hydroxyl groups is 2. The van der Waals surface area contributed by atoms with Crippen LogP contribution in [0.5, 0.6) is 0 Å². The second kappa shape index (κ2) is 12.5. The fourth-order valence-electron chi connectivity index (χ4n) is 6.70. The molecule has 1 fully saturated rings. The standard InChI is InChI=1S/C32H43NO2.C5H12/c1-31(2,3)23-16-10-15-22(17-23)30(35)28-26(20-11-6-7-12-20)27-24(18-32(4,5)19-25(27)34)33-29(28)21-13-8-9-14-21;1-4-5(2)3/h10-11,15-17,21,25,30,34-35H,6-9,12-14,18-19H2,1-5H3;5H,4H2,1-3H3. The van der Waals surface area contributed by atoms with Gasteiger partial charge in [-0.2, -0.15) is 0 Å². The number of benzene rings is 1. The number of hydrogen-bond donors (Lipinski definition) is 2. The zero-order chi connectivity index (χ0) is 29.2. The highest BCUT2D eigenvalue weighted by atomic mass is 16.3. The third-order valence-corrected chi connectivity index (χ3v) is 9.37. The summed E-state index contributed by atoms with van der Waals surface area (Å²) in [6.07, 6.45) is 11.9. The number of aromatic nitrogens is 1. The smallest absolute Gasteiger partial charge is 0.106 e. The summed E-state index contributed by atoms with van der Waals surface area (Å²) in [6.45, 7) is 17.8. The van der Waals surface area contributed by atoms with Crippen LogP contribution in [0.2, 0.25) is 0 Å². The Morgan fingerprint density at radius 2 is 1.75 bits per heavy atom. The summed E-state index contributed by atoms with van der Waals surface area (Å²) in [7, 11) is 0. The summed E-state index contributed by atoms with van der Waals surface area (Å²) < 4.78 is 0. The fraction of sp³-hybridized carbons (Fsp3) is 0.649. The highest BCUT2D eigenvalue weighted by Crippen LogP contribution is 2.50. The Morgan fingerprint density at radius 1 is 1.07 bits per heavy atom. The van der Waals surface area contributed by atoms with Crippen molar-refractivity contribution < 1.29 is 10.2 Å². The molecule has 2 N–H and O–H groups in total. The molecule has 1 heterocycles. The number of hydrogen-bond acceptors (Lipinski definition) is 3. The predicted molar refractivity (Wildman–Crippen MR) is 169 cm³/mol. The largest absolute Gasteiger partial charge is 0.388 e. The number of allylic oxidation sites excluding steroid dienone is 2. The average molecular weight is 546 g/mol. The Labute approximate surface area is 244 Å². The van der Waals surface area contributed by atoms with E-state index in [4.69, 9.17) is 4.98 Å². The maximum atomic E-state index is 12.1. The molecular weight excluding hydrogens is 490 g/mol. The first kappa shape index (κ1) is 31.0. The Bertz CT molecular complexity index is 1190. The van der Waals surface area contributed by atoms with Crippen molar-refractivity contribution >= 4 is 5.57 Å². The molecule has 0 aliphatic heterocycles. The fourth-order valence-corrected chi connectivity index (χ4v) is 6.70. The van der Waals surface area contributed by atoms with Crippen molar-refractivity contribution in [1.82, 2.24) is 4.98 Å². The molecule has 0 bridgehead atoms. The molecule has 3 aliphatic carbocycles. The van der Waals surface area contributed by atoms with E-state index in [2.05, 4.69) is 85.7 Å². The second-order valence-corrected chi connectivity index (χ2v) is 14.9. The van der Waals surface area contributed by atoms with Crippen LogP contribution in [0.15, 0.2) is 30.3 Å². The van der Waals surface area contributed by atoms with Crippen LogP contribution in [0, 0.1) is 11.3 Å². The molecule has 0 spiro atoms. The Balaban J connectivity index is 0.000000681. The average Bonchev–Trinajstić information content (AvgIpc) is 3.61. The second-order valence-electron chi connectivity index (χ2n) is 14.9. The zero-order valence-corrected chi connectivity index (χ0v) is 26.6. The SMILES string of the molecule is CC1(C)Cc2nc(C3CCCC3)c(C(O)c3cccc(C(C)(C)C)c3)c(C3=CCCC3)c2C(O)C1.CCC(C)C. The van der Waals surface area contributed by atoms with Gasteiger partial charge in [-0.25, -0.2) is 0 Å². The van der Waals surface area contributed by atoms with E-state index in [-0.39, 0.29) is 10.8 Å². The van der Waals surface area contributed by atoms with E-state index in [1.54, 1.807) is 0 Å². The van der Waals surface area contributed by atoms with Gasteiger partial charge in [-0.3, -0.25) is 4.98 Å². The Hall–Kier alpha value is -1.97. The van der Waals surface area contributed by atoms with Crippen molar-refractivity contribution in [2.75, 3.05) is 0 Å². The summed E-state index contributed by atoms with van der Waals surface area (Å²) in [5.74, 6) is 1.27. The molecular formula is C37H55NO2. The first-order chi connectivity index (χ1) is 18.8. The summed E-state index contributed by atoms with van der Waals surface area (Å²) in [6, 6.07) is 8.47. The van der Waals surface area contributed by atoms with Gasteiger partial charge in [-0.1, -0.05) is 105 Å². The van der Waals surface area contributed by atoms with Crippen molar-refractivity contribution in [2.24, 2.45) is 11.3 Å². The maximum Gasteiger partial charge on any atom is 0.106 e. The van der Waals surface area contributed by atoms with Crippen LogP contribution in [0.3, 0.4) is 0 Å². The molecule has 0 radical (unpaired) electrons. The van der Waals surface area contributed by atoms with E-state index in [1.807, 2.05) is 0 Å². The lowest BCUT2D eigenvalue weighted by Gasteiger charge is -2.38. The van der Waals surface area contributed by atoms with Crippen LogP contribution in [0.1, 0.15) is 171 Å². The lowest BCUT2D eigenvalue weighted by Crippen LogP contribution is -2.29. The molecule has 220 valence electrons. The van der Waals surface area contributed by atoms with Gasteiger partial charge in [0, 0.05) is 22.7 Å². The number of rotatable bonds is 5. The first-order valence-corrected chi connectivity index (χ1v) is 16.0. The first-order valence-electron chi connectivity index (χ1n) is 16.0. The van der Waals surface area contributed by atoms with Crippen LogP contribution in [0.4, 0.5) is 0 Å². The highest BCUT2D eigenvalue weighted by Gasteiger charge is 2.39. The summed E-state index contributed by atoms with van der Waals surface area (Å²) in [5.41, 5.74) is 8.78. The quantitative estimate of drug-likeness (QED) is 0.393. The van der Waals surface area contributed by atoms with E-state index < -0.39 is 12.2 Å². The molecule has 40 heavy (non-hydrogen) atoms. The van der Waals surface area contributed by atoms with Crippen LogP contribution in [0.25, 0.3) is 5.57 Å². The van der Waals surface area contributed by atoms with E-state index in [1.165, 1.54) is 30.4 Å². The van der Waals surface area contributed by atoms with E-state index >= 15 is 0 Å². The highest BCUT2D eigenvalue weighted by molar-refractivity contribution is 5.75. The lowest BCUT2D eigenvalue weighted by atomic mass is 9.71. The minimum Gasteiger partial charge on any atom is -0.388 e. The summed E-state index contributed by atoms with van der Waals surface area (Å²) >= 11 is 0. The van der Waals surface area contributed by atoms with E-state index in [9.17, 15) is 10.2 Å². The molecule has 0 amide bonds. The van der Waals surface area contributed by atoms with Crippen LogP contribution in [-0.2, 0) is 11.8 Å². The topological polar surface area (TPSA) is 53.4 Å². The van der Waals surface area contributed by atoms with Crippen LogP contribution >= 0.6 is 0 Å². The molecule has 3 aliphatic rings. The third kappa shape index (κ3) is 6.90. The summed E-state index contributed by atoms with van der Waals surface area (Å²) in [5, 5.41) is 23.6. The molecule has 3 nitrogen and oxygen atoms in total. The number of fused-ring (bicyclic) bond motifs is 1. The Morgan fingerprint density at radius 3 is 2.33 bits per heavy atom.